The van der Waals surface area contributed by atoms with Gasteiger partial charge in [0.05, 0.1) is 6.54 Å². The zero-order chi connectivity index (χ0) is 16.8. The zero-order valence-electron chi connectivity index (χ0n) is 12.8. The molecule has 122 valence electrons. The number of nitrogens with one attached hydrogen (secondary N) is 2. The summed E-state index contributed by atoms with van der Waals surface area (Å²) in [6.45, 7) is 3.51. The maximum atomic E-state index is 11.8. The first-order valence-electron chi connectivity index (χ1n) is 7.04. The highest BCUT2D eigenvalue weighted by Gasteiger charge is 2.12. The lowest BCUT2D eigenvalue weighted by Gasteiger charge is -2.08. The average molecular weight is 381 g/mol. The third kappa shape index (κ3) is 5.13. The summed E-state index contributed by atoms with van der Waals surface area (Å²) < 4.78 is 0.842. The number of nitrogens with zero attached hydrogens (tertiary/aromatic N) is 4. The minimum atomic E-state index is -0.361. The normalized spacial score (nSPS) is 10.6. The van der Waals surface area contributed by atoms with Gasteiger partial charge in [0.1, 0.15) is 6.54 Å². The molecule has 0 fully saturated rings. The van der Waals surface area contributed by atoms with E-state index in [0.717, 1.165) is 10.0 Å². The Kier molecular flexibility index (Phi) is 5.80. The van der Waals surface area contributed by atoms with Gasteiger partial charge in [0.15, 0.2) is 0 Å². The van der Waals surface area contributed by atoms with Crippen LogP contribution in [-0.4, -0.2) is 44.6 Å². The van der Waals surface area contributed by atoms with E-state index in [1.165, 1.54) is 4.80 Å². The summed E-state index contributed by atoms with van der Waals surface area (Å²) in [5.74, 6) is -0.184. The summed E-state index contributed by atoms with van der Waals surface area (Å²) in [5, 5.41) is 17.1. The Morgan fingerprint density at radius 1 is 1.26 bits per heavy atom. The van der Waals surface area contributed by atoms with Crippen molar-refractivity contribution in [2.45, 2.75) is 26.4 Å². The fourth-order valence-corrected chi connectivity index (χ4v) is 2.26. The predicted octanol–water partition coefficient (Wildman–Crippen LogP) is 0.743. The summed E-state index contributed by atoms with van der Waals surface area (Å²) >= 11 is 3.41. The molecule has 8 nitrogen and oxygen atoms in total. The van der Waals surface area contributed by atoms with Crippen molar-refractivity contribution in [2.24, 2.45) is 0 Å². The van der Waals surface area contributed by atoms with Gasteiger partial charge in [-0.25, -0.2) is 0 Å². The first-order chi connectivity index (χ1) is 11.0. The molecule has 2 aromatic rings. The molecule has 0 spiro atoms. The molecule has 9 heteroatoms. The lowest BCUT2D eigenvalue weighted by Crippen LogP contribution is -2.40. The Labute approximate surface area is 141 Å². The monoisotopic (exact) mass is 380 g/mol. The molecule has 23 heavy (non-hydrogen) atoms. The van der Waals surface area contributed by atoms with Gasteiger partial charge in [0, 0.05) is 16.1 Å². The highest BCUT2D eigenvalue weighted by molar-refractivity contribution is 9.10. The molecule has 2 rings (SSSR count). The van der Waals surface area contributed by atoms with Crippen molar-refractivity contribution in [3.63, 3.8) is 0 Å². The molecule has 0 unspecified atom stereocenters. The number of halogens is 1. The Morgan fingerprint density at radius 2 is 2.00 bits per heavy atom. The molecule has 0 saturated heterocycles. The highest BCUT2D eigenvalue weighted by atomic mass is 79.9. The van der Waals surface area contributed by atoms with Gasteiger partial charge in [-0.1, -0.05) is 28.1 Å². The van der Waals surface area contributed by atoms with Crippen molar-refractivity contribution < 1.29 is 9.59 Å². The van der Waals surface area contributed by atoms with Crippen molar-refractivity contribution in [3.8, 4) is 11.4 Å². The molecule has 2 amide bonds. The molecule has 0 atom stereocenters. The fraction of sp³-hybridized carbons (Fsp3) is 0.357. The van der Waals surface area contributed by atoms with Gasteiger partial charge in [-0.3, -0.25) is 9.59 Å². The summed E-state index contributed by atoms with van der Waals surface area (Å²) in [4.78, 5) is 24.4. The second-order valence-electron chi connectivity index (χ2n) is 5.12. The van der Waals surface area contributed by atoms with Crippen molar-refractivity contribution in [1.29, 1.82) is 0 Å². The van der Waals surface area contributed by atoms with Gasteiger partial charge >= 0.3 is 0 Å². The van der Waals surface area contributed by atoms with E-state index < -0.39 is 0 Å². The fourth-order valence-electron chi connectivity index (χ4n) is 1.80. The van der Waals surface area contributed by atoms with Crippen molar-refractivity contribution in [1.82, 2.24) is 30.8 Å². The number of aromatic nitrogens is 4. The number of hydrogen-bond donors (Lipinski definition) is 2. The summed E-state index contributed by atoms with van der Waals surface area (Å²) in [7, 11) is 0. The Balaban J connectivity index is 1.91. The van der Waals surface area contributed by atoms with E-state index in [1.807, 2.05) is 38.1 Å². The SMILES string of the molecule is CC(C)NC(=O)CNC(=O)Cn1nnc(-c2ccccc2Br)n1. The van der Waals surface area contributed by atoms with Crippen molar-refractivity contribution >= 4 is 27.7 Å². The largest absolute Gasteiger partial charge is 0.352 e. The maximum absolute atomic E-state index is 11.8. The minimum Gasteiger partial charge on any atom is -0.352 e. The third-order valence-corrected chi connectivity index (χ3v) is 3.44. The molecule has 0 aliphatic rings. The lowest BCUT2D eigenvalue weighted by atomic mass is 10.2. The molecule has 0 radical (unpaired) electrons. The van der Waals surface area contributed by atoms with Crippen molar-refractivity contribution in [2.75, 3.05) is 6.54 Å². The molecular weight excluding hydrogens is 364 g/mol. The van der Waals surface area contributed by atoms with E-state index in [1.54, 1.807) is 0 Å². The number of carbonyl (C=O) groups excluding carboxylic acids is 2. The van der Waals surface area contributed by atoms with E-state index >= 15 is 0 Å². The predicted molar refractivity (Wildman–Crippen MR) is 87.2 cm³/mol. The maximum Gasteiger partial charge on any atom is 0.244 e. The van der Waals surface area contributed by atoms with Gasteiger partial charge < -0.3 is 10.6 Å². The number of hydrogen-bond acceptors (Lipinski definition) is 5. The summed E-state index contributed by atoms with van der Waals surface area (Å²) in [6.07, 6.45) is 0. The number of benzene rings is 1. The van der Waals surface area contributed by atoms with Crippen LogP contribution in [0.15, 0.2) is 28.7 Å². The van der Waals surface area contributed by atoms with Crippen LogP contribution < -0.4 is 10.6 Å². The molecule has 1 aromatic heterocycles. The van der Waals surface area contributed by atoms with Crippen LogP contribution in [0, 0.1) is 0 Å². The number of tetrazole rings is 1. The zero-order valence-corrected chi connectivity index (χ0v) is 14.4. The van der Waals surface area contributed by atoms with Gasteiger partial charge in [0.2, 0.25) is 17.6 Å². The standard InChI is InChI=1S/C14H17BrN6O2/c1-9(2)17-12(22)7-16-13(23)8-21-19-14(18-20-21)10-5-3-4-6-11(10)15/h3-6,9H,7-8H2,1-2H3,(H,16,23)(H,17,22). The molecule has 0 bridgehead atoms. The lowest BCUT2D eigenvalue weighted by molar-refractivity contribution is -0.126. The Bertz CT molecular complexity index is 700. The molecular formula is C14H17BrN6O2. The Morgan fingerprint density at radius 3 is 2.70 bits per heavy atom. The van der Waals surface area contributed by atoms with E-state index in [2.05, 4.69) is 42.0 Å². The van der Waals surface area contributed by atoms with E-state index in [0.29, 0.717) is 5.82 Å². The van der Waals surface area contributed by atoms with E-state index in [-0.39, 0.29) is 30.9 Å². The van der Waals surface area contributed by atoms with E-state index in [9.17, 15) is 9.59 Å². The number of carbonyl (C=O) groups is 2. The molecule has 1 aromatic carbocycles. The minimum absolute atomic E-state index is 0.0308. The van der Waals surface area contributed by atoms with Crippen molar-refractivity contribution in [3.05, 3.63) is 28.7 Å². The van der Waals surface area contributed by atoms with Gasteiger partial charge in [-0.15, -0.1) is 10.2 Å². The van der Waals surface area contributed by atoms with Gasteiger partial charge in [-0.2, -0.15) is 4.80 Å². The van der Waals surface area contributed by atoms with Crippen LogP contribution >= 0.6 is 15.9 Å². The average Bonchev–Trinajstić information content (AvgIpc) is 2.93. The van der Waals surface area contributed by atoms with Gasteiger partial charge in [-0.05, 0) is 31.2 Å². The summed E-state index contributed by atoms with van der Waals surface area (Å²) in [5.41, 5.74) is 0.787. The molecule has 0 aliphatic heterocycles. The second-order valence-corrected chi connectivity index (χ2v) is 5.98. The molecule has 2 N–H and O–H groups in total. The third-order valence-electron chi connectivity index (χ3n) is 2.75. The molecule has 0 aliphatic carbocycles. The Hall–Kier alpha value is -2.29. The quantitative estimate of drug-likeness (QED) is 0.769. The molecule has 1 heterocycles. The van der Waals surface area contributed by atoms with Crippen LogP contribution in [0.5, 0.6) is 0 Å². The van der Waals surface area contributed by atoms with E-state index in [4.69, 9.17) is 0 Å². The second kappa shape index (κ2) is 7.82. The van der Waals surface area contributed by atoms with Gasteiger partial charge in [0.25, 0.3) is 0 Å². The number of rotatable bonds is 6. The topological polar surface area (TPSA) is 102 Å². The van der Waals surface area contributed by atoms with Crippen LogP contribution in [0.1, 0.15) is 13.8 Å². The molecule has 0 saturated carbocycles. The highest BCUT2D eigenvalue weighted by Crippen LogP contribution is 2.23. The number of amides is 2. The first-order valence-corrected chi connectivity index (χ1v) is 7.84. The van der Waals surface area contributed by atoms with Crippen LogP contribution in [-0.2, 0) is 16.1 Å². The smallest absolute Gasteiger partial charge is 0.244 e. The first kappa shape index (κ1) is 17.1. The van der Waals surface area contributed by atoms with Crippen LogP contribution in [0.2, 0.25) is 0 Å². The van der Waals surface area contributed by atoms with Crippen LogP contribution in [0.3, 0.4) is 0 Å². The van der Waals surface area contributed by atoms with Crippen LogP contribution in [0.25, 0.3) is 11.4 Å². The van der Waals surface area contributed by atoms with Crippen LogP contribution in [0.4, 0.5) is 0 Å². The summed E-state index contributed by atoms with van der Waals surface area (Å²) in [6, 6.07) is 7.50.